The molecule has 3 nitrogen and oxygen atoms in total. The van der Waals surface area contributed by atoms with Gasteiger partial charge < -0.3 is 10.6 Å². The van der Waals surface area contributed by atoms with Crippen molar-refractivity contribution < 1.29 is 4.79 Å². The van der Waals surface area contributed by atoms with Crippen LogP contribution < -0.4 is 5.73 Å². The maximum absolute atomic E-state index is 12.7. The number of nitrogens with two attached hydrogens (primary N) is 1. The Hall–Kier alpha value is -0.830. The van der Waals surface area contributed by atoms with Crippen molar-refractivity contribution in [2.45, 2.75) is 57.5 Å². The van der Waals surface area contributed by atoms with E-state index in [-0.39, 0.29) is 12.0 Å². The van der Waals surface area contributed by atoms with Gasteiger partial charge >= 0.3 is 0 Å². The summed E-state index contributed by atoms with van der Waals surface area (Å²) in [5.41, 5.74) is 5.89. The average Bonchev–Trinajstić information content (AvgIpc) is 2.86. The lowest BCUT2D eigenvalue weighted by Gasteiger charge is -2.48. The van der Waals surface area contributed by atoms with Gasteiger partial charge in [0, 0.05) is 18.6 Å². The van der Waals surface area contributed by atoms with Gasteiger partial charge in [-0.1, -0.05) is 31.9 Å². The zero-order valence-electron chi connectivity index (χ0n) is 11.9. The molecule has 2 N–H and O–H groups in total. The fourth-order valence-electron chi connectivity index (χ4n) is 4.31. The normalized spacial score (nSPS) is 42.2. The second-order valence-electron chi connectivity index (χ2n) is 6.70. The van der Waals surface area contributed by atoms with E-state index in [1.807, 2.05) is 12.2 Å². The first kappa shape index (κ1) is 13.2. The van der Waals surface area contributed by atoms with Gasteiger partial charge in [0.1, 0.15) is 0 Å². The third kappa shape index (κ3) is 2.45. The highest BCUT2D eigenvalue weighted by molar-refractivity contribution is 5.81. The molecule has 0 aromatic rings. The minimum Gasteiger partial charge on any atom is -0.339 e. The largest absolute Gasteiger partial charge is 0.339 e. The van der Waals surface area contributed by atoms with Crippen LogP contribution in [0, 0.1) is 17.8 Å². The molecule has 0 radical (unpaired) electrons. The lowest BCUT2D eigenvalue weighted by atomic mass is 9.72. The summed E-state index contributed by atoms with van der Waals surface area (Å²) in [5, 5.41) is 0. The molecule has 3 rings (SSSR count). The molecule has 0 aromatic carbocycles. The number of carbonyl (C=O) groups excluding carboxylic acids is 1. The van der Waals surface area contributed by atoms with Crippen LogP contribution in [-0.2, 0) is 4.79 Å². The lowest BCUT2D eigenvalue weighted by molar-refractivity contribution is -0.142. The zero-order valence-corrected chi connectivity index (χ0v) is 11.9. The monoisotopic (exact) mass is 262 g/mol. The predicted octanol–water partition coefficient (Wildman–Crippen LogP) is 2.32. The number of carbonyl (C=O) groups is 1. The Balaban J connectivity index is 1.72. The molecule has 1 amide bonds. The van der Waals surface area contributed by atoms with Crippen molar-refractivity contribution in [2.24, 2.45) is 23.5 Å². The molecule has 1 saturated carbocycles. The molecule has 2 aliphatic carbocycles. The molecule has 0 spiro atoms. The fourth-order valence-corrected chi connectivity index (χ4v) is 4.31. The van der Waals surface area contributed by atoms with Crippen LogP contribution in [0.25, 0.3) is 0 Å². The van der Waals surface area contributed by atoms with E-state index in [1.54, 1.807) is 0 Å². The molecule has 0 bridgehead atoms. The number of nitrogens with zero attached hydrogens (tertiary/aromatic N) is 1. The topological polar surface area (TPSA) is 46.3 Å². The van der Waals surface area contributed by atoms with Gasteiger partial charge in [0.2, 0.25) is 5.91 Å². The van der Waals surface area contributed by atoms with Crippen molar-refractivity contribution in [3.63, 3.8) is 0 Å². The van der Waals surface area contributed by atoms with E-state index in [1.165, 1.54) is 32.1 Å². The Bertz CT molecular complexity index is 379. The first-order chi connectivity index (χ1) is 9.16. The van der Waals surface area contributed by atoms with Crippen molar-refractivity contribution in [1.29, 1.82) is 0 Å². The van der Waals surface area contributed by atoms with Gasteiger partial charge in [0.15, 0.2) is 0 Å². The van der Waals surface area contributed by atoms with Crippen LogP contribution >= 0.6 is 0 Å². The van der Waals surface area contributed by atoms with Gasteiger partial charge in [-0.2, -0.15) is 0 Å². The SMILES string of the molecule is CC1CCN(C(=O)C2C=CC(N)C2)C2CCCCC12. The minimum absolute atomic E-state index is 0.0472. The van der Waals surface area contributed by atoms with E-state index < -0.39 is 0 Å². The molecule has 5 unspecified atom stereocenters. The number of hydrogen-bond donors (Lipinski definition) is 1. The van der Waals surface area contributed by atoms with Crippen LogP contribution in [0.4, 0.5) is 0 Å². The van der Waals surface area contributed by atoms with Crippen molar-refractivity contribution in [2.75, 3.05) is 6.54 Å². The third-order valence-electron chi connectivity index (χ3n) is 5.46. The first-order valence-corrected chi connectivity index (χ1v) is 7.91. The summed E-state index contributed by atoms with van der Waals surface area (Å²) in [4.78, 5) is 14.9. The van der Waals surface area contributed by atoms with Crippen molar-refractivity contribution in [3.8, 4) is 0 Å². The third-order valence-corrected chi connectivity index (χ3v) is 5.46. The summed E-state index contributed by atoms with van der Waals surface area (Å²) >= 11 is 0. The van der Waals surface area contributed by atoms with Crippen LogP contribution in [0.5, 0.6) is 0 Å². The smallest absolute Gasteiger partial charge is 0.229 e. The molecular formula is C16H26N2O. The summed E-state index contributed by atoms with van der Waals surface area (Å²) in [7, 11) is 0. The van der Waals surface area contributed by atoms with Crippen LogP contribution in [-0.4, -0.2) is 29.4 Å². The first-order valence-electron chi connectivity index (χ1n) is 7.91. The van der Waals surface area contributed by atoms with E-state index >= 15 is 0 Å². The molecule has 1 aliphatic heterocycles. The molecule has 19 heavy (non-hydrogen) atoms. The molecule has 3 aliphatic rings. The second kappa shape index (κ2) is 5.28. The second-order valence-corrected chi connectivity index (χ2v) is 6.70. The average molecular weight is 262 g/mol. The minimum atomic E-state index is 0.0472. The summed E-state index contributed by atoms with van der Waals surface area (Å²) in [5.74, 6) is 1.92. The van der Waals surface area contributed by atoms with Crippen LogP contribution in [0.1, 0.15) is 45.4 Å². The van der Waals surface area contributed by atoms with Crippen molar-refractivity contribution >= 4 is 5.91 Å². The van der Waals surface area contributed by atoms with E-state index in [0.29, 0.717) is 11.9 Å². The van der Waals surface area contributed by atoms with E-state index in [9.17, 15) is 4.79 Å². The summed E-state index contributed by atoms with van der Waals surface area (Å²) < 4.78 is 0. The molecule has 106 valence electrons. The molecular weight excluding hydrogens is 236 g/mol. The number of piperidine rings is 1. The van der Waals surface area contributed by atoms with Gasteiger partial charge in [0.05, 0.1) is 5.92 Å². The van der Waals surface area contributed by atoms with Gasteiger partial charge in [-0.3, -0.25) is 4.79 Å². The standard InChI is InChI=1S/C16H26N2O/c1-11-8-9-18(15-5-3-2-4-14(11)15)16(19)12-6-7-13(17)10-12/h6-7,11-15H,2-5,8-10,17H2,1H3. The van der Waals surface area contributed by atoms with Gasteiger partial charge in [-0.25, -0.2) is 0 Å². The van der Waals surface area contributed by atoms with Crippen LogP contribution in [0.3, 0.4) is 0 Å². The van der Waals surface area contributed by atoms with Crippen molar-refractivity contribution in [3.05, 3.63) is 12.2 Å². The molecule has 5 atom stereocenters. The Morgan fingerprint density at radius 3 is 2.74 bits per heavy atom. The van der Waals surface area contributed by atoms with E-state index in [0.717, 1.165) is 24.8 Å². The Morgan fingerprint density at radius 2 is 2.00 bits per heavy atom. The van der Waals surface area contributed by atoms with Crippen molar-refractivity contribution in [1.82, 2.24) is 4.90 Å². The molecule has 2 fully saturated rings. The molecule has 1 saturated heterocycles. The van der Waals surface area contributed by atoms with Gasteiger partial charge in [-0.05, 0) is 37.5 Å². The number of likely N-dealkylation sites (tertiary alicyclic amines) is 1. The van der Waals surface area contributed by atoms with E-state index in [2.05, 4.69) is 11.8 Å². The number of amides is 1. The highest BCUT2D eigenvalue weighted by Gasteiger charge is 2.41. The molecule has 1 heterocycles. The fraction of sp³-hybridized carbons (Fsp3) is 0.812. The Labute approximate surface area is 116 Å². The van der Waals surface area contributed by atoms with Crippen LogP contribution in [0.2, 0.25) is 0 Å². The van der Waals surface area contributed by atoms with Gasteiger partial charge in [0.25, 0.3) is 0 Å². The highest BCUT2D eigenvalue weighted by Crippen LogP contribution is 2.39. The summed E-state index contributed by atoms with van der Waals surface area (Å²) in [6.07, 6.45) is 11.2. The Kier molecular flexibility index (Phi) is 3.66. The highest BCUT2D eigenvalue weighted by atomic mass is 16.2. The molecule has 3 heteroatoms. The quantitative estimate of drug-likeness (QED) is 0.737. The van der Waals surface area contributed by atoms with Gasteiger partial charge in [-0.15, -0.1) is 0 Å². The maximum atomic E-state index is 12.7. The summed E-state index contributed by atoms with van der Waals surface area (Å²) in [6.45, 7) is 3.33. The number of hydrogen-bond acceptors (Lipinski definition) is 2. The van der Waals surface area contributed by atoms with Crippen LogP contribution in [0.15, 0.2) is 12.2 Å². The van der Waals surface area contributed by atoms with E-state index in [4.69, 9.17) is 5.73 Å². The number of fused-ring (bicyclic) bond motifs is 1. The maximum Gasteiger partial charge on any atom is 0.229 e. The Morgan fingerprint density at radius 1 is 1.21 bits per heavy atom. The molecule has 0 aromatic heterocycles. The lowest BCUT2D eigenvalue weighted by Crippen LogP contribution is -2.53. The summed E-state index contributed by atoms with van der Waals surface area (Å²) in [6, 6.07) is 0.593. The zero-order chi connectivity index (χ0) is 13.4. The predicted molar refractivity (Wildman–Crippen MR) is 76.5 cm³/mol. The number of rotatable bonds is 1.